The minimum atomic E-state index is -0.558. The summed E-state index contributed by atoms with van der Waals surface area (Å²) in [6.07, 6.45) is 0.270. The monoisotopic (exact) mass is 305 g/mol. The molecule has 0 bridgehead atoms. The Morgan fingerprint density at radius 1 is 1.18 bits per heavy atom. The molecule has 1 aliphatic heterocycles. The van der Waals surface area contributed by atoms with Crippen LogP contribution in [0.15, 0.2) is 30.3 Å². The Morgan fingerprint density at radius 2 is 1.82 bits per heavy atom. The smallest absolute Gasteiger partial charge is 0.244 e. The van der Waals surface area contributed by atoms with Crippen LogP contribution in [0.2, 0.25) is 0 Å². The zero-order chi connectivity index (χ0) is 15.9. The average Bonchev–Trinajstić information content (AvgIpc) is 2.54. The number of piperazine rings is 1. The first kappa shape index (κ1) is 16.9. The summed E-state index contributed by atoms with van der Waals surface area (Å²) in [6, 6.07) is 9.00. The van der Waals surface area contributed by atoms with Crippen molar-refractivity contribution in [3.8, 4) is 0 Å². The highest BCUT2D eigenvalue weighted by atomic mass is 16.5. The number of hydrogen-bond acceptors (Lipinski definition) is 4. The van der Waals surface area contributed by atoms with Crippen molar-refractivity contribution in [1.82, 2.24) is 9.80 Å². The van der Waals surface area contributed by atoms with Crippen LogP contribution in [0.4, 0.5) is 0 Å². The number of ether oxygens (including phenoxy) is 1. The predicted octanol–water partition coefficient (Wildman–Crippen LogP) is 1.26. The van der Waals surface area contributed by atoms with Gasteiger partial charge in [-0.15, -0.1) is 0 Å². The second kappa shape index (κ2) is 8.27. The van der Waals surface area contributed by atoms with Crippen LogP contribution in [0.1, 0.15) is 25.5 Å². The summed E-state index contributed by atoms with van der Waals surface area (Å²) < 4.78 is 5.57. The zero-order valence-corrected chi connectivity index (χ0v) is 13.6. The van der Waals surface area contributed by atoms with Gasteiger partial charge in [0.05, 0.1) is 12.7 Å². The Kier molecular flexibility index (Phi) is 6.36. The van der Waals surface area contributed by atoms with Gasteiger partial charge in [0, 0.05) is 32.7 Å². The molecular formula is C17H27N3O2. The molecule has 1 atom stereocenters. The van der Waals surface area contributed by atoms with Crippen LogP contribution >= 0.6 is 0 Å². The first-order chi connectivity index (χ1) is 10.6. The van der Waals surface area contributed by atoms with Crippen LogP contribution in [0.3, 0.4) is 0 Å². The van der Waals surface area contributed by atoms with Gasteiger partial charge >= 0.3 is 0 Å². The Bertz CT molecular complexity index is 456. The van der Waals surface area contributed by atoms with E-state index < -0.39 is 6.04 Å². The van der Waals surface area contributed by atoms with Crippen LogP contribution in [-0.4, -0.2) is 61.1 Å². The van der Waals surface area contributed by atoms with Crippen molar-refractivity contribution in [2.45, 2.75) is 26.0 Å². The highest BCUT2D eigenvalue weighted by Gasteiger charge is 2.25. The summed E-state index contributed by atoms with van der Waals surface area (Å²) in [7, 11) is 0. The van der Waals surface area contributed by atoms with Gasteiger partial charge in [0.1, 0.15) is 6.04 Å². The highest BCUT2D eigenvalue weighted by molar-refractivity contribution is 5.83. The predicted molar refractivity (Wildman–Crippen MR) is 87.5 cm³/mol. The van der Waals surface area contributed by atoms with Gasteiger partial charge in [-0.1, -0.05) is 30.3 Å². The molecule has 1 aromatic rings. The van der Waals surface area contributed by atoms with Crippen molar-refractivity contribution in [2.24, 2.45) is 5.73 Å². The molecule has 0 radical (unpaired) electrons. The molecule has 0 spiro atoms. The highest BCUT2D eigenvalue weighted by Crippen LogP contribution is 2.14. The second-order valence-electron chi connectivity index (χ2n) is 5.97. The molecule has 1 heterocycles. The third-order valence-corrected chi connectivity index (χ3v) is 3.97. The third-order valence-electron chi connectivity index (χ3n) is 3.97. The van der Waals surface area contributed by atoms with Gasteiger partial charge < -0.3 is 15.4 Å². The lowest BCUT2D eigenvalue weighted by Crippen LogP contribution is -2.51. The van der Waals surface area contributed by atoms with Crippen molar-refractivity contribution in [3.63, 3.8) is 0 Å². The molecule has 1 unspecified atom stereocenters. The fraction of sp³-hybridized carbons (Fsp3) is 0.588. The maximum absolute atomic E-state index is 12.5. The van der Waals surface area contributed by atoms with Crippen molar-refractivity contribution in [2.75, 3.05) is 39.3 Å². The Balaban J connectivity index is 1.77. The molecule has 2 rings (SSSR count). The largest absolute Gasteiger partial charge is 0.377 e. The van der Waals surface area contributed by atoms with Gasteiger partial charge in [-0.05, 0) is 19.4 Å². The standard InChI is InChI=1S/C17H27N3O2/c1-14(2)22-13-12-19-8-10-20(11-9-19)17(21)16(18)15-6-4-3-5-7-15/h3-7,14,16H,8-13,18H2,1-2H3. The van der Waals surface area contributed by atoms with Crippen LogP contribution in [0.5, 0.6) is 0 Å². The van der Waals surface area contributed by atoms with Gasteiger partial charge in [-0.3, -0.25) is 9.69 Å². The van der Waals surface area contributed by atoms with Crippen LogP contribution in [0, 0.1) is 0 Å². The lowest BCUT2D eigenvalue weighted by atomic mass is 10.1. The van der Waals surface area contributed by atoms with Gasteiger partial charge in [0.15, 0.2) is 0 Å². The molecule has 1 amide bonds. The van der Waals surface area contributed by atoms with E-state index in [9.17, 15) is 4.79 Å². The lowest BCUT2D eigenvalue weighted by Gasteiger charge is -2.36. The number of rotatable bonds is 6. The molecule has 0 saturated carbocycles. The van der Waals surface area contributed by atoms with Crippen LogP contribution in [0.25, 0.3) is 0 Å². The molecular weight excluding hydrogens is 278 g/mol. The summed E-state index contributed by atoms with van der Waals surface area (Å²) in [4.78, 5) is 16.7. The van der Waals surface area contributed by atoms with Crippen molar-refractivity contribution < 1.29 is 9.53 Å². The van der Waals surface area contributed by atoms with Crippen molar-refractivity contribution in [1.29, 1.82) is 0 Å². The number of carbonyl (C=O) groups excluding carboxylic acids is 1. The maximum atomic E-state index is 12.5. The average molecular weight is 305 g/mol. The van der Waals surface area contributed by atoms with E-state index in [0.29, 0.717) is 0 Å². The Hall–Kier alpha value is -1.43. The molecule has 1 saturated heterocycles. The number of nitrogens with zero attached hydrogens (tertiary/aromatic N) is 2. The molecule has 1 aromatic carbocycles. The lowest BCUT2D eigenvalue weighted by molar-refractivity contribution is -0.134. The first-order valence-electron chi connectivity index (χ1n) is 8.01. The molecule has 0 aromatic heterocycles. The Morgan fingerprint density at radius 3 is 2.41 bits per heavy atom. The van der Waals surface area contributed by atoms with E-state index in [2.05, 4.69) is 4.90 Å². The molecule has 5 heteroatoms. The van der Waals surface area contributed by atoms with Crippen molar-refractivity contribution in [3.05, 3.63) is 35.9 Å². The Labute approximate surface area is 133 Å². The minimum absolute atomic E-state index is 0.0179. The van der Waals surface area contributed by atoms with E-state index in [1.165, 1.54) is 0 Å². The molecule has 2 N–H and O–H groups in total. The first-order valence-corrected chi connectivity index (χ1v) is 8.01. The summed E-state index contributed by atoms with van der Waals surface area (Å²) in [5, 5.41) is 0. The van der Waals surface area contributed by atoms with E-state index in [-0.39, 0.29) is 12.0 Å². The fourth-order valence-electron chi connectivity index (χ4n) is 2.61. The van der Waals surface area contributed by atoms with E-state index in [1.807, 2.05) is 49.1 Å². The minimum Gasteiger partial charge on any atom is -0.377 e. The molecule has 1 fully saturated rings. The quantitative estimate of drug-likeness (QED) is 0.859. The molecule has 22 heavy (non-hydrogen) atoms. The van der Waals surface area contributed by atoms with Gasteiger partial charge in [0.25, 0.3) is 0 Å². The van der Waals surface area contributed by atoms with E-state index in [4.69, 9.17) is 10.5 Å². The number of hydrogen-bond donors (Lipinski definition) is 1. The molecule has 1 aliphatic rings. The fourth-order valence-corrected chi connectivity index (χ4v) is 2.61. The van der Waals surface area contributed by atoms with Gasteiger partial charge in [0.2, 0.25) is 5.91 Å². The zero-order valence-electron chi connectivity index (χ0n) is 13.6. The number of carbonyl (C=O) groups is 1. The second-order valence-corrected chi connectivity index (χ2v) is 5.97. The van der Waals surface area contributed by atoms with E-state index >= 15 is 0 Å². The topological polar surface area (TPSA) is 58.8 Å². The molecule has 122 valence electrons. The summed E-state index contributed by atoms with van der Waals surface area (Å²) in [5.74, 6) is 0.0179. The van der Waals surface area contributed by atoms with Crippen molar-refractivity contribution >= 4 is 5.91 Å². The van der Waals surface area contributed by atoms with E-state index in [1.54, 1.807) is 0 Å². The van der Waals surface area contributed by atoms with Crippen LogP contribution in [-0.2, 0) is 9.53 Å². The number of benzene rings is 1. The summed E-state index contributed by atoms with van der Waals surface area (Å²) in [6.45, 7) is 8.99. The summed E-state index contributed by atoms with van der Waals surface area (Å²) >= 11 is 0. The van der Waals surface area contributed by atoms with Crippen LogP contribution < -0.4 is 5.73 Å². The normalized spacial score (nSPS) is 17.7. The maximum Gasteiger partial charge on any atom is 0.244 e. The SMILES string of the molecule is CC(C)OCCN1CCN(C(=O)C(N)c2ccccc2)CC1. The van der Waals surface area contributed by atoms with E-state index in [0.717, 1.165) is 44.9 Å². The van der Waals surface area contributed by atoms with Gasteiger partial charge in [-0.25, -0.2) is 0 Å². The number of amides is 1. The number of nitrogens with two attached hydrogens (primary N) is 1. The summed E-state index contributed by atoms with van der Waals surface area (Å²) in [5.41, 5.74) is 6.97. The third kappa shape index (κ3) is 4.80. The van der Waals surface area contributed by atoms with Gasteiger partial charge in [-0.2, -0.15) is 0 Å². The molecule has 5 nitrogen and oxygen atoms in total. The molecule has 0 aliphatic carbocycles.